The molecule has 6 nitrogen and oxygen atoms in total. The van der Waals surface area contributed by atoms with E-state index in [2.05, 4.69) is 20.4 Å². The first kappa shape index (κ1) is 13.2. The van der Waals surface area contributed by atoms with Crippen LogP contribution >= 0.6 is 0 Å². The van der Waals surface area contributed by atoms with Crippen molar-refractivity contribution < 1.29 is 9.32 Å². The number of aryl methyl sites for hydroxylation is 1. The van der Waals surface area contributed by atoms with Crippen LogP contribution in [0.25, 0.3) is 0 Å². The fraction of sp³-hybridized carbons (Fsp3) is 0.385. The molecule has 6 heteroatoms. The van der Waals surface area contributed by atoms with Crippen LogP contribution in [0.4, 0.5) is 5.88 Å². The highest BCUT2D eigenvalue weighted by atomic mass is 16.5. The van der Waals surface area contributed by atoms with Gasteiger partial charge in [0, 0.05) is 17.7 Å². The lowest BCUT2D eigenvalue weighted by atomic mass is 9.92. The molecule has 2 aromatic heterocycles. The van der Waals surface area contributed by atoms with Gasteiger partial charge in [-0.1, -0.05) is 25.9 Å². The molecule has 0 atom stereocenters. The minimum Gasteiger partial charge on any atom is -0.338 e. The van der Waals surface area contributed by atoms with Gasteiger partial charge in [0.1, 0.15) is 5.69 Å². The smallest absolute Gasteiger partial charge is 0.278 e. The number of amides is 1. The maximum Gasteiger partial charge on any atom is 0.278 e. The van der Waals surface area contributed by atoms with E-state index in [0.717, 1.165) is 5.69 Å². The summed E-state index contributed by atoms with van der Waals surface area (Å²) >= 11 is 0. The number of anilines is 1. The summed E-state index contributed by atoms with van der Waals surface area (Å²) in [5.74, 6) is -0.0639. The lowest BCUT2D eigenvalue weighted by Crippen LogP contribution is -2.14. The van der Waals surface area contributed by atoms with Gasteiger partial charge in [-0.3, -0.25) is 15.1 Å². The predicted octanol–water partition coefficient (Wildman–Crippen LogP) is 2.32. The molecule has 0 aromatic carbocycles. The molecule has 0 bridgehead atoms. The SMILES string of the molecule is Cc1cncc(C(=O)Nc2cc(C(C)(C)C)no2)n1. The van der Waals surface area contributed by atoms with E-state index in [-0.39, 0.29) is 17.0 Å². The molecular formula is C13H16N4O2. The predicted molar refractivity (Wildman–Crippen MR) is 69.9 cm³/mol. The lowest BCUT2D eigenvalue weighted by molar-refractivity contribution is 0.101. The summed E-state index contributed by atoms with van der Waals surface area (Å²) in [5.41, 5.74) is 1.57. The number of rotatable bonds is 2. The molecule has 2 rings (SSSR count). The molecule has 100 valence electrons. The molecule has 1 N–H and O–H groups in total. The fourth-order valence-corrected chi connectivity index (χ4v) is 1.44. The standard InChI is InChI=1S/C13H16N4O2/c1-8-6-14-7-9(15-8)12(18)16-11-5-10(17-19-11)13(2,3)4/h5-7H,1-4H3,(H,16,18). The van der Waals surface area contributed by atoms with Crippen molar-refractivity contribution in [3.8, 4) is 0 Å². The first-order valence-electron chi connectivity index (χ1n) is 5.93. The molecular weight excluding hydrogens is 244 g/mol. The van der Waals surface area contributed by atoms with Crippen molar-refractivity contribution >= 4 is 11.8 Å². The molecule has 0 unspecified atom stereocenters. The van der Waals surface area contributed by atoms with Crippen LogP contribution in [0.1, 0.15) is 42.6 Å². The van der Waals surface area contributed by atoms with Crippen LogP contribution in [0.15, 0.2) is 23.0 Å². The normalized spacial score (nSPS) is 11.4. The van der Waals surface area contributed by atoms with Crippen molar-refractivity contribution in [1.29, 1.82) is 0 Å². The number of nitrogens with one attached hydrogen (secondary N) is 1. The van der Waals surface area contributed by atoms with Crippen molar-refractivity contribution in [2.24, 2.45) is 0 Å². The van der Waals surface area contributed by atoms with E-state index in [4.69, 9.17) is 4.52 Å². The van der Waals surface area contributed by atoms with Crippen molar-refractivity contribution in [2.45, 2.75) is 33.1 Å². The second kappa shape index (κ2) is 4.79. The molecule has 0 aliphatic heterocycles. The van der Waals surface area contributed by atoms with Gasteiger partial charge in [-0.25, -0.2) is 4.98 Å². The highest BCUT2D eigenvalue weighted by Crippen LogP contribution is 2.23. The topological polar surface area (TPSA) is 80.9 Å². The van der Waals surface area contributed by atoms with Crippen LogP contribution < -0.4 is 5.32 Å². The van der Waals surface area contributed by atoms with Crippen LogP contribution in [0.3, 0.4) is 0 Å². The summed E-state index contributed by atoms with van der Waals surface area (Å²) in [4.78, 5) is 19.9. The fourth-order valence-electron chi connectivity index (χ4n) is 1.44. The molecule has 2 heterocycles. The van der Waals surface area contributed by atoms with Crippen LogP contribution in [0.2, 0.25) is 0 Å². The number of hydrogen-bond donors (Lipinski definition) is 1. The zero-order chi connectivity index (χ0) is 14.0. The molecule has 0 aliphatic rings. The molecule has 0 spiro atoms. The molecule has 0 saturated carbocycles. The third kappa shape index (κ3) is 3.15. The molecule has 1 amide bonds. The van der Waals surface area contributed by atoms with Crippen LogP contribution in [0, 0.1) is 6.92 Å². The van der Waals surface area contributed by atoms with E-state index in [1.165, 1.54) is 6.20 Å². The van der Waals surface area contributed by atoms with Gasteiger partial charge in [-0.05, 0) is 6.92 Å². The number of carbonyl (C=O) groups is 1. The van der Waals surface area contributed by atoms with Crippen LogP contribution in [0.5, 0.6) is 0 Å². The summed E-state index contributed by atoms with van der Waals surface area (Å²) in [6.45, 7) is 7.82. The van der Waals surface area contributed by atoms with E-state index >= 15 is 0 Å². The monoisotopic (exact) mass is 260 g/mol. The van der Waals surface area contributed by atoms with Gasteiger partial charge in [0.15, 0.2) is 0 Å². The summed E-state index contributed by atoms with van der Waals surface area (Å²) in [7, 11) is 0. The number of aromatic nitrogens is 3. The maximum absolute atomic E-state index is 11.9. The Kier molecular flexibility index (Phi) is 3.33. The first-order chi connectivity index (χ1) is 8.86. The number of nitrogens with zero attached hydrogens (tertiary/aromatic N) is 3. The highest BCUT2D eigenvalue weighted by molar-refractivity contribution is 6.01. The minimum absolute atomic E-state index is 0.129. The Morgan fingerprint density at radius 3 is 2.63 bits per heavy atom. The number of carbonyl (C=O) groups excluding carboxylic acids is 1. The van der Waals surface area contributed by atoms with Gasteiger partial charge in [0.2, 0.25) is 5.88 Å². The third-order valence-electron chi connectivity index (χ3n) is 2.50. The Balaban J connectivity index is 2.13. The number of hydrogen-bond acceptors (Lipinski definition) is 5. The van der Waals surface area contributed by atoms with E-state index < -0.39 is 0 Å². The maximum atomic E-state index is 11.9. The summed E-state index contributed by atoms with van der Waals surface area (Å²) in [6, 6.07) is 1.71. The first-order valence-corrected chi connectivity index (χ1v) is 5.93. The molecule has 19 heavy (non-hydrogen) atoms. The Hall–Kier alpha value is -2.24. The summed E-state index contributed by atoms with van der Waals surface area (Å²) in [6.07, 6.45) is 2.99. The minimum atomic E-state index is -0.368. The van der Waals surface area contributed by atoms with Gasteiger partial charge in [-0.15, -0.1) is 0 Å². The highest BCUT2D eigenvalue weighted by Gasteiger charge is 2.20. The van der Waals surface area contributed by atoms with Crippen LogP contribution in [-0.4, -0.2) is 21.0 Å². The second-order valence-electron chi connectivity index (χ2n) is 5.33. The quantitative estimate of drug-likeness (QED) is 0.896. The Bertz CT molecular complexity index is 599. The van der Waals surface area contributed by atoms with Gasteiger partial charge in [0.05, 0.1) is 17.6 Å². The second-order valence-corrected chi connectivity index (χ2v) is 5.33. The van der Waals surface area contributed by atoms with E-state index in [0.29, 0.717) is 11.6 Å². The van der Waals surface area contributed by atoms with Crippen molar-refractivity contribution in [2.75, 3.05) is 5.32 Å². The van der Waals surface area contributed by atoms with E-state index in [9.17, 15) is 4.79 Å². The zero-order valence-corrected chi connectivity index (χ0v) is 11.4. The Morgan fingerprint density at radius 2 is 2.05 bits per heavy atom. The van der Waals surface area contributed by atoms with Crippen molar-refractivity contribution in [1.82, 2.24) is 15.1 Å². The van der Waals surface area contributed by atoms with E-state index in [1.54, 1.807) is 19.2 Å². The summed E-state index contributed by atoms with van der Waals surface area (Å²) < 4.78 is 5.08. The van der Waals surface area contributed by atoms with Gasteiger partial charge in [-0.2, -0.15) is 0 Å². The van der Waals surface area contributed by atoms with Crippen molar-refractivity contribution in [3.63, 3.8) is 0 Å². The zero-order valence-electron chi connectivity index (χ0n) is 11.4. The van der Waals surface area contributed by atoms with Gasteiger partial charge < -0.3 is 4.52 Å². The molecule has 2 aromatic rings. The molecule has 0 saturated heterocycles. The summed E-state index contributed by atoms with van der Waals surface area (Å²) in [5, 5.41) is 6.53. The van der Waals surface area contributed by atoms with Gasteiger partial charge >= 0.3 is 0 Å². The van der Waals surface area contributed by atoms with Crippen molar-refractivity contribution in [3.05, 3.63) is 35.5 Å². The Labute approximate surface area is 111 Å². The lowest BCUT2D eigenvalue weighted by Gasteiger charge is -2.12. The molecule has 0 fully saturated rings. The largest absolute Gasteiger partial charge is 0.338 e. The van der Waals surface area contributed by atoms with Gasteiger partial charge in [0.25, 0.3) is 5.91 Å². The third-order valence-corrected chi connectivity index (χ3v) is 2.50. The Morgan fingerprint density at radius 1 is 1.32 bits per heavy atom. The average Bonchev–Trinajstić information content (AvgIpc) is 2.77. The average molecular weight is 260 g/mol. The molecule has 0 aliphatic carbocycles. The molecule has 0 radical (unpaired) electrons. The van der Waals surface area contributed by atoms with E-state index in [1.807, 2.05) is 20.8 Å². The van der Waals surface area contributed by atoms with Crippen LogP contribution in [-0.2, 0) is 5.41 Å².